The maximum atomic E-state index is 13.6. The van der Waals surface area contributed by atoms with Crippen molar-refractivity contribution >= 4 is 49.1 Å². The Morgan fingerprint density at radius 1 is 0.837 bits per heavy atom. The second-order valence-electron chi connectivity index (χ2n) is 9.93. The molecule has 0 bridgehead atoms. The molecule has 1 aromatic heterocycles. The van der Waals surface area contributed by atoms with Crippen molar-refractivity contribution in [1.29, 1.82) is 0 Å². The van der Waals surface area contributed by atoms with Crippen LogP contribution in [-0.4, -0.2) is 26.2 Å². The molecule has 216 valence electrons. The van der Waals surface area contributed by atoms with Crippen LogP contribution in [0, 0.1) is 0 Å². The van der Waals surface area contributed by atoms with Crippen LogP contribution >= 0.6 is 11.6 Å². The fourth-order valence-corrected chi connectivity index (χ4v) is 6.91. The summed E-state index contributed by atoms with van der Waals surface area (Å²) in [6, 6.07) is 31.7. The van der Waals surface area contributed by atoms with Crippen molar-refractivity contribution in [3.8, 4) is 11.3 Å². The SMILES string of the molecule is CCOC(=O)c1c(-c2c3ccccc3c(Cl)c3ccccc23)noc1CC(NS(=O)(=O)c1ccccc1)c1ccccc1. The highest BCUT2D eigenvalue weighted by Crippen LogP contribution is 2.43. The summed E-state index contributed by atoms with van der Waals surface area (Å²) in [6.45, 7) is 1.85. The first-order chi connectivity index (χ1) is 20.9. The smallest absolute Gasteiger partial charge is 0.344 e. The molecule has 5 aromatic carbocycles. The molecule has 0 fully saturated rings. The highest BCUT2D eigenvalue weighted by Gasteiger charge is 2.31. The molecule has 6 aromatic rings. The number of halogens is 1. The number of nitrogens with zero attached hydrogens (tertiary/aromatic N) is 1. The number of hydrogen-bond donors (Lipinski definition) is 1. The van der Waals surface area contributed by atoms with E-state index in [0.717, 1.165) is 21.5 Å². The number of rotatable bonds is 9. The highest BCUT2D eigenvalue weighted by molar-refractivity contribution is 7.89. The number of aromatic nitrogens is 1. The van der Waals surface area contributed by atoms with Crippen LogP contribution in [0.1, 0.15) is 34.6 Å². The molecule has 6 rings (SSSR count). The number of fused-ring (bicyclic) bond motifs is 2. The van der Waals surface area contributed by atoms with Gasteiger partial charge in [-0.1, -0.05) is 114 Å². The third-order valence-electron chi connectivity index (χ3n) is 7.29. The van der Waals surface area contributed by atoms with Gasteiger partial charge in [0.05, 0.1) is 22.6 Å². The van der Waals surface area contributed by atoms with Crippen LogP contribution in [0.2, 0.25) is 5.02 Å². The maximum absolute atomic E-state index is 13.6. The normalized spacial score (nSPS) is 12.4. The molecule has 0 aliphatic carbocycles. The Balaban J connectivity index is 1.53. The number of sulfonamides is 1. The monoisotopic (exact) mass is 610 g/mol. The summed E-state index contributed by atoms with van der Waals surface area (Å²) in [4.78, 5) is 13.7. The fraction of sp³-hybridized carbons (Fsp3) is 0.118. The first kappa shape index (κ1) is 28.6. The minimum Gasteiger partial charge on any atom is -0.462 e. The molecule has 0 radical (unpaired) electrons. The Morgan fingerprint density at radius 2 is 1.37 bits per heavy atom. The lowest BCUT2D eigenvalue weighted by molar-refractivity contribution is 0.0524. The summed E-state index contributed by atoms with van der Waals surface area (Å²) in [7, 11) is -3.92. The molecule has 1 N–H and O–H groups in total. The van der Waals surface area contributed by atoms with Gasteiger partial charge in [-0.05, 0) is 35.4 Å². The number of esters is 1. The van der Waals surface area contributed by atoms with Crippen LogP contribution in [0.3, 0.4) is 0 Å². The molecule has 9 heteroatoms. The van der Waals surface area contributed by atoms with Crippen molar-refractivity contribution in [2.45, 2.75) is 24.3 Å². The lowest BCUT2D eigenvalue weighted by atomic mass is 9.92. The van der Waals surface area contributed by atoms with Crippen LogP contribution in [0.5, 0.6) is 0 Å². The van der Waals surface area contributed by atoms with Gasteiger partial charge < -0.3 is 9.26 Å². The van der Waals surface area contributed by atoms with Crippen molar-refractivity contribution in [2.75, 3.05) is 6.61 Å². The van der Waals surface area contributed by atoms with Crippen molar-refractivity contribution in [1.82, 2.24) is 9.88 Å². The van der Waals surface area contributed by atoms with Gasteiger partial charge in [-0.25, -0.2) is 17.9 Å². The Kier molecular flexibility index (Phi) is 7.99. The van der Waals surface area contributed by atoms with Gasteiger partial charge in [0.25, 0.3) is 0 Å². The topological polar surface area (TPSA) is 98.5 Å². The number of ether oxygens (including phenoxy) is 1. The number of benzene rings is 5. The number of carbonyl (C=O) groups is 1. The lowest BCUT2D eigenvalue weighted by Gasteiger charge is -2.19. The van der Waals surface area contributed by atoms with Gasteiger partial charge in [0.15, 0.2) is 5.76 Å². The zero-order valence-electron chi connectivity index (χ0n) is 23.2. The van der Waals surface area contributed by atoms with E-state index in [9.17, 15) is 13.2 Å². The zero-order chi connectivity index (χ0) is 30.0. The average Bonchev–Trinajstić information content (AvgIpc) is 3.45. The van der Waals surface area contributed by atoms with Crippen molar-refractivity contribution in [3.63, 3.8) is 0 Å². The molecule has 0 spiro atoms. The average molecular weight is 611 g/mol. The molecule has 1 atom stereocenters. The molecule has 0 amide bonds. The van der Waals surface area contributed by atoms with E-state index < -0.39 is 22.0 Å². The summed E-state index contributed by atoms with van der Waals surface area (Å²) in [5, 5.41) is 8.21. The second-order valence-corrected chi connectivity index (χ2v) is 12.0. The number of hydrogen-bond acceptors (Lipinski definition) is 6. The van der Waals surface area contributed by atoms with Crippen LogP contribution in [0.25, 0.3) is 32.8 Å². The van der Waals surface area contributed by atoms with E-state index in [1.165, 1.54) is 12.1 Å². The predicted octanol–water partition coefficient (Wildman–Crippen LogP) is 7.74. The van der Waals surface area contributed by atoms with E-state index in [2.05, 4.69) is 9.88 Å². The van der Waals surface area contributed by atoms with Crippen LogP contribution in [-0.2, 0) is 21.2 Å². The summed E-state index contributed by atoms with van der Waals surface area (Å²) in [5.74, 6) is -0.421. The van der Waals surface area contributed by atoms with Gasteiger partial charge in [-0.15, -0.1) is 0 Å². The van der Waals surface area contributed by atoms with Crippen LogP contribution < -0.4 is 4.72 Å². The molecule has 1 heterocycles. The van der Waals surface area contributed by atoms with E-state index in [1.807, 2.05) is 78.9 Å². The largest absolute Gasteiger partial charge is 0.462 e. The standard InChI is InChI=1S/C34H27ClN2O5S/c1-2-41-34(38)31-29(21-28(22-13-5-3-6-14-22)37-43(39,40)23-15-7-4-8-16-23)42-36-33(31)30-24-17-9-11-19-26(24)32(35)27-20-12-10-18-25(27)30/h3-20,28,37H,2,21H2,1H3. The summed E-state index contributed by atoms with van der Waals surface area (Å²) < 4.78 is 41.0. The summed E-state index contributed by atoms with van der Waals surface area (Å²) >= 11 is 6.84. The quantitative estimate of drug-likeness (QED) is 0.133. The minimum absolute atomic E-state index is 0.000674. The van der Waals surface area contributed by atoms with Crippen molar-refractivity contribution in [2.24, 2.45) is 0 Å². The van der Waals surface area contributed by atoms with Gasteiger partial charge in [-0.3, -0.25) is 0 Å². The molecular weight excluding hydrogens is 584 g/mol. The van der Waals surface area contributed by atoms with Crippen molar-refractivity contribution < 1.29 is 22.5 Å². The van der Waals surface area contributed by atoms with Gasteiger partial charge >= 0.3 is 5.97 Å². The number of carbonyl (C=O) groups excluding carboxylic acids is 1. The Bertz CT molecular complexity index is 1990. The minimum atomic E-state index is -3.92. The van der Waals surface area contributed by atoms with Crippen LogP contribution in [0.4, 0.5) is 0 Å². The molecular formula is C34H27ClN2O5S. The van der Waals surface area contributed by atoms with Crippen LogP contribution in [0.15, 0.2) is 119 Å². The van der Waals surface area contributed by atoms with Gasteiger partial charge in [0.1, 0.15) is 11.3 Å². The Hall–Kier alpha value is -4.50. The Labute approximate surface area is 254 Å². The van der Waals surface area contributed by atoms with Gasteiger partial charge in [-0.2, -0.15) is 0 Å². The van der Waals surface area contributed by atoms with Gasteiger partial charge in [0.2, 0.25) is 10.0 Å². The van der Waals surface area contributed by atoms with Crippen molar-refractivity contribution in [3.05, 3.63) is 131 Å². The lowest BCUT2D eigenvalue weighted by Crippen LogP contribution is -2.30. The van der Waals surface area contributed by atoms with E-state index in [0.29, 0.717) is 21.8 Å². The molecule has 7 nitrogen and oxygen atoms in total. The van der Waals surface area contributed by atoms with E-state index >= 15 is 0 Å². The first-order valence-corrected chi connectivity index (χ1v) is 15.6. The van der Waals surface area contributed by atoms with E-state index in [1.54, 1.807) is 25.1 Å². The van der Waals surface area contributed by atoms with E-state index in [4.69, 9.17) is 20.9 Å². The second kappa shape index (κ2) is 12.0. The van der Waals surface area contributed by atoms with E-state index in [-0.39, 0.29) is 29.2 Å². The molecule has 43 heavy (non-hydrogen) atoms. The molecule has 0 aliphatic heterocycles. The third-order valence-corrected chi connectivity index (χ3v) is 9.18. The predicted molar refractivity (Wildman–Crippen MR) is 168 cm³/mol. The fourth-order valence-electron chi connectivity index (χ4n) is 5.33. The summed E-state index contributed by atoms with van der Waals surface area (Å²) in [6.07, 6.45) is 0.000674. The molecule has 0 saturated carbocycles. The number of nitrogens with one attached hydrogen (secondary N) is 1. The molecule has 1 unspecified atom stereocenters. The third kappa shape index (κ3) is 5.52. The molecule has 0 saturated heterocycles. The highest BCUT2D eigenvalue weighted by atomic mass is 35.5. The molecule has 0 aliphatic rings. The van der Waals surface area contributed by atoms with Gasteiger partial charge in [0, 0.05) is 22.8 Å². The maximum Gasteiger partial charge on any atom is 0.344 e. The first-order valence-electron chi connectivity index (χ1n) is 13.8. The summed E-state index contributed by atoms with van der Waals surface area (Å²) in [5.41, 5.74) is 1.81. The Morgan fingerprint density at radius 3 is 1.95 bits per heavy atom. The zero-order valence-corrected chi connectivity index (χ0v) is 24.7.